The van der Waals surface area contributed by atoms with Gasteiger partial charge in [-0.1, -0.05) is 60.7 Å². The van der Waals surface area contributed by atoms with Crippen molar-refractivity contribution in [2.75, 3.05) is 6.61 Å². The SMILES string of the molecule is O=c1[nH]c(=S)c(-c2ccccc2)cn1CCCOc1ccccc1. The van der Waals surface area contributed by atoms with Gasteiger partial charge in [0.05, 0.1) is 6.61 Å². The van der Waals surface area contributed by atoms with E-state index in [0.29, 0.717) is 17.8 Å². The van der Waals surface area contributed by atoms with Gasteiger partial charge >= 0.3 is 5.69 Å². The number of rotatable bonds is 6. The molecule has 0 atom stereocenters. The van der Waals surface area contributed by atoms with Crippen LogP contribution in [0.5, 0.6) is 5.75 Å². The molecule has 4 nitrogen and oxygen atoms in total. The van der Waals surface area contributed by atoms with Gasteiger partial charge in [0.2, 0.25) is 0 Å². The molecule has 3 aromatic rings. The second-order valence-corrected chi connectivity index (χ2v) is 5.78. The van der Waals surface area contributed by atoms with Gasteiger partial charge < -0.3 is 4.74 Å². The minimum absolute atomic E-state index is 0.195. The van der Waals surface area contributed by atoms with Crippen LogP contribution in [0.3, 0.4) is 0 Å². The average Bonchev–Trinajstić information content (AvgIpc) is 2.62. The number of nitrogens with zero attached hydrogens (tertiary/aromatic N) is 1. The second kappa shape index (κ2) is 7.75. The zero-order valence-corrected chi connectivity index (χ0v) is 14.0. The Morgan fingerprint density at radius 2 is 1.67 bits per heavy atom. The first-order valence-corrected chi connectivity index (χ1v) is 8.22. The molecule has 0 amide bonds. The standard InChI is InChI=1S/C19H18N2O2S/c22-19-20-18(24)17(15-8-3-1-4-9-15)14-21(19)12-7-13-23-16-10-5-2-6-11-16/h1-6,8-11,14H,7,12-13H2,(H,20,22,24). The van der Waals surface area contributed by atoms with E-state index in [9.17, 15) is 4.79 Å². The lowest BCUT2D eigenvalue weighted by molar-refractivity contribution is 0.300. The molecule has 0 aliphatic heterocycles. The molecule has 122 valence electrons. The van der Waals surface area contributed by atoms with Gasteiger partial charge in [0.25, 0.3) is 0 Å². The highest BCUT2D eigenvalue weighted by molar-refractivity contribution is 7.71. The van der Waals surface area contributed by atoms with Crippen molar-refractivity contribution in [2.45, 2.75) is 13.0 Å². The van der Waals surface area contributed by atoms with Crippen LogP contribution in [-0.4, -0.2) is 16.2 Å². The summed E-state index contributed by atoms with van der Waals surface area (Å²) in [7, 11) is 0. The number of aromatic nitrogens is 2. The largest absolute Gasteiger partial charge is 0.494 e. The Kier molecular flexibility index (Phi) is 5.23. The van der Waals surface area contributed by atoms with Crippen LogP contribution in [0.1, 0.15) is 6.42 Å². The highest BCUT2D eigenvalue weighted by Gasteiger charge is 2.04. The number of aromatic amines is 1. The van der Waals surface area contributed by atoms with Crippen molar-refractivity contribution in [2.24, 2.45) is 0 Å². The Balaban J connectivity index is 1.69. The molecule has 0 radical (unpaired) electrons. The first-order valence-electron chi connectivity index (χ1n) is 7.81. The predicted molar refractivity (Wildman–Crippen MR) is 97.9 cm³/mol. The van der Waals surface area contributed by atoms with Gasteiger partial charge in [0.15, 0.2) is 0 Å². The zero-order chi connectivity index (χ0) is 16.8. The van der Waals surface area contributed by atoms with Crippen LogP contribution >= 0.6 is 12.2 Å². The first kappa shape index (κ1) is 16.2. The summed E-state index contributed by atoms with van der Waals surface area (Å²) in [5.74, 6) is 0.835. The summed E-state index contributed by atoms with van der Waals surface area (Å²) in [6.07, 6.45) is 2.55. The van der Waals surface area contributed by atoms with Gasteiger partial charge in [-0.05, 0) is 24.1 Å². The summed E-state index contributed by atoms with van der Waals surface area (Å²) in [5, 5.41) is 0. The molecule has 1 N–H and O–H groups in total. The van der Waals surface area contributed by atoms with Crippen molar-refractivity contribution >= 4 is 12.2 Å². The van der Waals surface area contributed by atoms with Crippen LogP contribution < -0.4 is 10.4 Å². The lowest BCUT2D eigenvalue weighted by atomic mass is 10.1. The molecule has 1 aromatic heterocycles. The fourth-order valence-electron chi connectivity index (χ4n) is 2.44. The Labute approximate surface area is 145 Å². The zero-order valence-electron chi connectivity index (χ0n) is 13.1. The predicted octanol–water partition coefficient (Wildman–Crippen LogP) is 4.04. The Hall–Kier alpha value is -2.66. The van der Waals surface area contributed by atoms with Gasteiger partial charge in [-0.3, -0.25) is 9.55 Å². The van der Waals surface area contributed by atoms with Crippen LogP contribution in [0.2, 0.25) is 0 Å². The van der Waals surface area contributed by atoms with Gasteiger partial charge in [-0.2, -0.15) is 0 Å². The Morgan fingerprint density at radius 3 is 2.38 bits per heavy atom. The number of para-hydroxylation sites is 1. The van der Waals surface area contributed by atoms with E-state index < -0.39 is 0 Å². The minimum Gasteiger partial charge on any atom is -0.494 e. The van der Waals surface area contributed by atoms with E-state index in [1.807, 2.05) is 66.9 Å². The molecule has 0 unspecified atom stereocenters. The molecule has 1 heterocycles. The number of aryl methyl sites for hydroxylation is 1. The van der Waals surface area contributed by atoms with Crippen LogP contribution in [0.4, 0.5) is 0 Å². The van der Waals surface area contributed by atoms with Gasteiger partial charge in [0, 0.05) is 18.3 Å². The number of hydrogen-bond donors (Lipinski definition) is 1. The van der Waals surface area contributed by atoms with Crippen LogP contribution in [0, 0.1) is 4.64 Å². The van der Waals surface area contributed by atoms with Crippen molar-refractivity contribution in [3.05, 3.63) is 82.0 Å². The van der Waals surface area contributed by atoms with E-state index in [4.69, 9.17) is 17.0 Å². The third-order valence-electron chi connectivity index (χ3n) is 3.65. The second-order valence-electron chi connectivity index (χ2n) is 5.38. The van der Waals surface area contributed by atoms with Crippen LogP contribution in [0.15, 0.2) is 71.7 Å². The number of nitrogens with one attached hydrogen (secondary N) is 1. The van der Waals surface area contributed by atoms with Crippen LogP contribution in [-0.2, 0) is 6.54 Å². The third-order valence-corrected chi connectivity index (χ3v) is 3.97. The normalized spacial score (nSPS) is 10.5. The monoisotopic (exact) mass is 338 g/mol. The fraction of sp³-hybridized carbons (Fsp3) is 0.158. The van der Waals surface area contributed by atoms with Crippen LogP contribution in [0.25, 0.3) is 11.1 Å². The summed E-state index contributed by atoms with van der Waals surface area (Å²) in [6, 6.07) is 19.5. The van der Waals surface area contributed by atoms with Gasteiger partial charge in [-0.15, -0.1) is 0 Å². The molecule has 0 bridgehead atoms. The molecule has 3 rings (SSSR count). The van der Waals surface area contributed by atoms with E-state index in [2.05, 4.69) is 4.98 Å². The Bertz CT molecular complexity index is 902. The van der Waals surface area contributed by atoms with Crippen molar-refractivity contribution in [1.29, 1.82) is 0 Å². The summed E-state index contributed by atoms with van der Waals surface area (Å²) in [6.45, 7) is 1.12. The average molecular weight is 338 g/mol. The lowest BCUT2D eigenvalue weighted by Gasteiger charge is -2.10. The first-order chi connectivity index (χ1) is 11.7. The summed E-state index contributed by atoms with van der Waals surface area (Å²) in [4.78, 5) is 14.8. The third kappa shape index (κ3) is 4.00. The van der Waals surface area contributed by atoms with Gasteiger partial charge in [0.1, 0.15) is 10.4 Å². The number of ether oxygens (including phenoxy) is 1. The summed E-state index contributed by atoms with van der Waals surface area (Å²) >= 11 is 5.29. The smallest absolute Gasteiger partial charge is 0.326 e. The maximum atomic E-state index is 12.1. The highest BCUT2D eigenvalue weighted by atomic mass is 32.1. The highest BCUT2D eigenvalue weighted by Crippen LogP contribution is 2.18. The molecule has 0 spiro atoms. The number of H-pyrrole nitrogens is 1. The van der Waals surface area contributed by atoms with E-state index >= 15 is 0 Å². The quantitative estimate of drug-likeness (QED) is 0.545. The molecule has 0 aliphatic carbocycles. The molecule has 0 saturated heterocycles. The summed E-state index contributed by atoms with van der Waals surface area (Å²) < 4.78 is 7.77. The molecule has 0 aliphatic rings. The van der Waals surface area contributed by atoms with E-state index in [-0.39, 0.29) is 5.69 Å². The van der Waals surface area contributed by atoms with E-state index in [1.54, 1.807) is 4.57 Å². The summed E-state index contributed by atoms with van der Waals surface area (Å²) in [5.41, 5.74) is 1.65. The van der Waals surface area contributed by atoms with E-state index in [0.717, 1.165) is 23.3 Å². The molecule has 5 heteroatoms. The molecular weight excluding hydrogens is 320 g/mol. The number of benzene rings is 2. The lowest BCUT2D eigenvalue weighted by Crippen LogP contribution is -2.23. The topological polar surface area (TPSA) is 47.0 Å². The van der Waals surface area contributed by atoms with Crippen molar-refractivity contribution in [1.82, 2.24) is 9.55 Å². The molecule has 0 fully saturated rings. The minimum atomic E-state index is -0.195. The maximum absolute atomic E-state index is 12.1. The molecule has 0 saturated carbocycles. The molecule has 2 aromatic carbocycles. The molecule has 24 heavy (non-hydrogen) atoms. The maximum Gasteiger partial charge on any atom is 0.326 e. The molecular formula is C19H18N2O2S. The van der Waals surface area contributed by atoms with Crippen molar-refractivity contribution in [3.8, 4) is 16.9 Å². The Morgan fingerprint density at radius 1 is 1.00 bits per heavy atom. The van der Waals surface area contributed by atoms with Crippen molar-refractivity contribution < 1.29 is 4.74 Å². The fourth-order valence-corrected chi connectivity index (χ4v) is 2.70. The number of hydrogen-bond acceptors (Lipinski definition) is 3. The van der Waals surface area contributed by atoms with Crippen molar-refractivity contribution in [3.63, 3.8) is 0 Å². The van der Waals surface area contributed by atoms with E-state index in [1.165, 1.54) is 0 Å². The van der Waals surface area contributed by atoms with Gasteiger partial charge in [-0.25, -0.2) is 4.79 Å².